The minimum Gasteiger partial charge on any atom is -0.253 e. The summed E-state index contributed by atoms with van der Waals surface area (Å²) in [4.78, 5) is 8.01. The molecule has 2 heterocycles. The third kappa shape index (κ3) is 4.02. The predicted molar refractivity (Wildman–Crippen MR) is 85.5 cm³/mol. The molecule has 2 aromatic heterocycles. The number of rotatable bonds is 4. The Kier molecular flexibility index (Phi) is 4.56. The van der Waals surface area contributed by atoms with Gasteiger partial charge in [0, 0.05) is 6.20 Å². The summed E-state index contributed by atoms with van der Waals surface area (Å²) >= 11 is 0.913. The molecule has 130 valence electrons. The van der Waals surface area contributed by atoms with Crippen LogP contribution in [-0.4, -0.2) is 22.8 Å². The largest absolute Gasteiger partial charge is 0.416 e. The highest BCUT2D eigenvalue weighted by Crippen LogP contribution is 2.30. The molecule has 0 saturated carbocycles. The first-order chi connectivity index (χ1) is 11.8. The molecule has 10 heteroatoms. The zero-order valence-electron chi connectivity index (χ0n) is 12.4. The number of aromatic nitrogens is 3. The Morgan fingerprint density at radius 3 is 2.36 bits per heavy atom. The summed E-state index contributed by atoms with van der Waals surface area (Å²) in [5, 5.41) is 0.237. The lowest BCUT2D eigenvalue weighted by Crippen LogP contribution is -2.08. The van der Waals surface area contributed by atoms with Crippen LogP contribution in [0, 0.1) is 0 Å². The summed E-state index contributed by atoms with van der Waals surface area (Å²) in [7, 11) is -3.82. The van der Waals surface area contributed by atoms with Crippen molar-refractivity contribution in [1.29, 1.82) is 0 Å². The van der Waals surface area contributed by atoms with Gasteiger partial charge in [0.05, 0.1) is 10.5 Å². The second kappa shape index (κ2) is 6.52. The quantitative estimate of drug-likeness (QED) is 0.686. The summed E-state index contributed by atoms with van der Waals surface area (Å²) in [6.45, 7) is 0. The number of nitrogens with zero attached hydrogens (tertiary/aromatic N) is 3. The molecule has 0 atom stereocenters. The molecule has 0 aliphatic rings. The fourth-order valence-electron chi connectivity index (χ4n) is 2.01. The summed E-state index contributed by atoms with van der Waals surface area (Å²) < 4.78 is 66.4. The molecule has 0 saturated heterocycles. The molecule has 25 heavy (non-hydrogen) atoms. The van der Waals surface area contributed by atoms with E-state index < -0.39 is 27.3 Å². The highest BCUT2D eigenvalue weighted by atomic mass is 32.2. The minimum absolute atomic E-state index is 0.199. The molecular weight excluding hydrogens is 375 g/mol. The third-order valence-electron chi connectivity index (χ3n) is 3.22. The maximum Gasteiger partial charge on any atom is 0.416 e. The van der Waals surface area contributed by atoms with Gasteiger partial charge in [-0.15, -0.1) is 0 Å². The lowest BCUT2D eigenvalue weighted by atomic mass is 10.2. The number of hydrogen-bond donors (Lipinski definition) is 0. The van der Waals surface area contributed by atoms with Crippen LogP contribution in [0.4, 0.5) is 13.2 Å². The van der Waals surface area contributed by atoms with Crippen molar-refractivity contribution in [2.75, 3.05) is 0 Å². The number of halogens is 3. The van der Waals surface area contributed by atoms with Crippen LogP contribution in [0.5, 0.6) is 0 Å². The molecule has 0 radical (unpaired) electrons. The van der Waals surface area contributed by atoms with Crippen molar-refractivity contribution in [1.82, 2.24) is 14.3 Å². The molecule has 0 unspecified atom stereocenters. The van der Waals surface area contributed by atoms with Crippen LogP contribution in [0.3, 0.4) is 0 Å². The zero-order chi connectivity index (χ0) is 18.1. The molecule has 0 aliphatic heterocycles. The van der Waals surface area contributed by atoms with Crippen molar-refractivity contribution in [3.8, 4) is 11.5 Å². The fraction of sp³-hybridized carbons (Fsp3) is 0.133. The zero-order valence-corrected chi connectivity index (χ0v) is 14.1. The Morgan fingerprint density at radius 1 is 1.04 bits per heavy atom. The third-order valence-corrected chi connectivity index (χ3v) is 5.75. The van der Waals surface area contributed by atoms with Gasteiger partial charge in [0.1, 0.15) is 16.5 Å². The van der Waals surface area contributed by atoms with Gasteiger partial charge >= 0.3 is 6.18 Å². The molecular formula is C15H10F3N3O2S2. The van der Waals surface area contributed by atoms with Crippen molar-refractivity contribution < 1.29 is 21.6 Å². The molecule has 0 amide bonds. The lowest BCUT2D eigenvalue weighted by molar-refractivity contribution is -0.137. The van der Waals surface area contributed by atoms with Crippen LogP contribution in [0.25, 0.3) is 11.5 Å². The molecule has 3 rings (SSSR count). The van der Waals surface area contributed by atoms with Crippen molar-refractivity contribution in [3.05, 3.63) is 59.2 Å². The van der Waals surface area contributed by atoms with Gasteiger partial charge in [0.2, 0.25) is 0 Å². The number of pyridine rings is 1. The highest BCUT2D eigenvalue weighted by Gasteiger charge is 2.30. The van der Waals surface area contributed by atoms with Crippen molar-refractivity contribution in [2.24, 2.45) is 0 Å². The van der Waals surface area contributed by atoms with Gasteiger partial charge in [-0.25, -0.2) is 13.4 Å². The normalized spacial score (nSPS) is 12.3. The van der Waals surface area contributed by atoms with Gasteiger partial charge in [-0.2, -0.15) is 17.5 Å². The Morgan fingerprint density at radius 2 is 1.76 bits per heavy atom. The minimum atomic E-state index is -4.51. The molecule has 3 aromatic rings. The molecule has 0 bridgehead atoms. The Labute approximate surface area is 145 Å². The van der Waals surface area contributed by atoms with E-state index in [0.717, 1.165) is 35.8 Å². The maximum absolute atomic E-state index is 12.6. The Balaban J connectivity index is 1.81. The molecule has 5 nitrogen and oxygen atoms in total. The second-order valence-electron chi connectivity index (χ2n) is 5.01. The van der Waals surface area contributed by atoms with E-state index in [1.54, 1.807) is 24.4 Å². The molecule has 0 aliphatic carbocycles. The van der Waals surface area contributed by atoms with Crippen LogP contribution < -0.4 is 0 Å². The SMILES string of the molecule is O=S(=O)(Cc1nc(-c2ccccn2)ns1)c1ccc(C(F)(F)F)cc1. The van der Waals surface area contributed by atoms with Crippen LogP contribution in [-0.2, 0) is 21.8 Å². The van der Waals surface area contributed by atoms with Crippen LogP contribution >= 0.6 is 11.5 Å². The lowest BCUT2D eigenvalue weighted by Gasteiger charge is -2.07. The standard InChI is InChI=1S/C15H10F3N3O2S2/c16-15(17,18)10-4-6-11(7-5-10)25(22,23)9-13-20-14(21-24-13)12-3-1-2-8-19-12/h1-8H,9H2. The molecule has 0 N–H and O–H groups in total. The van der Waals surface area contributed by atoms with E-state index in [9.17, 15) is 21.6 Å². The van der Waals surface area contributed by atoms with E-state index in [4.69, 9.17) is 0 Å². The first kappa shape index (κ1) is 17.5. The van der Waals surface area contributed by atoms with E-state index in [2.05, 4.69) is 14.3 Å². The number of benzene rings is 1. The van der Waals surface area contributed by atoms with Crippen LogP contribution in [0.1, 0.15) is 10.6 Å². The number of alkyl halides is 3. The fourth-order valence-corrected chi connectivity index (χ4v) is 4.25. The Bertz CT molecular complexity index is 969. The van der Waals surface area contributed by atoms with Crippen LogP contribution in [0.15, 0.2) is 53.6 Å². The molecule has 0 fully saturated rings. The van der Waals surface area contributed by atoms with Crippen molar-refractivity contribution >= 4 is 21.4 Å². The Hall–Kier alpha value is -2.33. The van der Waals surface area contributed by atoms with Gasteiger partial charge in [0.15, 0.2) is 15.7 Å². The molecule has 1 aromatic carbocycles. The number of hydrogen-bond acceptors (Lipinski definition) is 6. The average Bonchev–Trinajstić information content (AvgIpc) is 3.03. The van der Waals surface area contributed by atoms with E-state index in [-0.39, 0.29) is 9.90 Å². The monoisotopic (exact) mass is 385 g/mol. The van der Waals surface area contributed by atoms with Gasteiger partial charge < -0.3 is 0 Å². The predicted octanol–water partition coefficient (Wildman–Crippen LogP) is 3.59. The summed E-state index contributed by atoms with van der Waals surface area (Å²) in [5.41, 5.74) is -0.392. The maximum atomic E-state index is 12.6. The van der Waals surface area contributed by atoms with Gasteiger partial charge in [-0.3, -0.25) is 4.98 Å². The van der Waals surface area contributed by atoms with Crippen molar-refractivity contribution in [2.45, 2.75) is 16.8 Å². The first-order valence-corrected chi connectivity index (χ1v) is 9.32. The van der Waals surface area contributed by atoms with Crippen molar-refractivity contribution in [3.63, 3.8) is 0 Å². The van der Waals surface area contributed by atoms with Crippen LogP contribution in [0.2, 0.25) is 0 Å². The van der Waals surface area contributed by atoms with E-state index in [1.165, 1.54) is 0 Å². The summed E-state index contributed by atoms with van der Waals surface area (Å²) in [6.07, 6.45) is -2.95. The van der Waals surface area contributed by atoms with Gasteiger partial charge in [-0.1, -0.05) is 6.07 Å². The molecule has 0 spiro atoms. The topological polar surface area (TPSA) is 72.8 Å². The average molecular weight is 385 g/mol. The van der Waals surface area contributed by atoms with Gasteiger partial charge in [-0.05, 0) is 47.9 Å². The highest BCUT2D eigenvalue weighted by molar-refractivity contribution is 7.90. The smallest absolute Gasteiger partial charge is 0.253 e. The van der Waals surface area contributed by atoms with E-state index in [0.29, 0.717) is 11.5 Å². The number of sulfone groups is 1. The van der Waals surface area contributed by atoms with E-state index >= 15 is 0 Å². The van der Waals surface area contributed by atoms with E-state index in [1.807, 2.05) is 0 Å². The summed E-state index contributed by atoms with van der Waals surface area (Å²) in [5.74, 6) is -0.133. The second-order valence-corrected chi connectivity index (χ2v) is 7.83. The first-order valence-electron chi connectivity index (χ1n) is 6.90. The van der Waals surface area contributed by atoms with Gasteiger partial charge in [0.25, 0.3) is 0 Å². The summed E-state index contributed by atoms with van der Waals surface area (Å²) in [6, 6.07) is 8.54.